The number of hydrogen-bond acceptors (Lipinski definition) is 17. The standard InChI is InChI=1S/C38H50N8O13S2/c1-20-27(31(48)46(20)61(52,53)54)42-30(47)28(25-19-60-33(41-25)43-34(50)57-37(5,6)7)44-59-26(32(49)56-36(2,3)4)18-55-23-11-12-24-21(15-23)13-14-39-29(24)40-22-16-45(17-22)35(51)58-38(8,9)10/h11-15,19-20,22,26-27H,16-18H2,1-10H3,(H,39,40)(H,42,47)(H,41,43,50)(H,52,53,54)/b44-28-/t20-,26-,27-/m0/s1. The van der Waals surface area contributed by atoms with E-state index >= 15 is 0 Å². The molecule has 61 heavy (non-hydrogen) atoms. The summed E-state index contributed by atoms with van der Waals surface area (Å²) in [6, 6.07) is 4.27. The van der Waals surface area contributed by atoms with Crippen LogP contribution in [-0.4, -0.2) is 129 Å². The molecule has 2 saturated heterocycles. The van der Waals surface area contributed by atoms with E-state index in [0.29, 0.717) is 24.7 Å². The van der Waals surface area contributed by atoms with Crippen LogP contribution < -0.4 is 20.7 Å². The highest BCUT2D eigenvalue weighted by Crippen LogP contribution is 2.29. The number of fused-ring (bicyclic) bond motifs is 1. The molecule has 0 unspecified atom stereocenters. The van der Waals surface area contributed by atoms with Crippen LogP contribution in [0.25, 0.3) is 10.8 Å². The number of rotatable bonds is 13. The summed E-state index contributed by atoms with van der Waals surface area (Å²) in [7, 11) is -4.90. The minimum absolute atomic E-state index is 0.0114. The van der Waals surface area contributed by atoms with Gasteiger partial charge in [0.15, 0.2) is 10.8 Å². The van der Waals surface area contributed by atoms with Crippen molar-refractivity contribution in [3.63, 3.8) is 0 Å². The van der Waals surface area contributed by atoms with E-state index in [1.54, 1.807) is 97.7 Å². The van der Waals surface area contributed by atoms with Crippen molar-refractivity contribution >= 4 is 79.0 Å². The molecule has 4 amide bonds. The van der Waals surface area contributed by atoms with Crippen LogP contribution in [0, 0.1) is 0 Å². The molecule has 332 valence electrons. The van der Waals surface area contributed by atoms with Crippen molar-refractivity contribution in [2.24, 2.45) is 5.16 Å². The molecule has 2 aromatic heterocycles. The molecule has 2 aliphatic rings. The molecule has 0 bridgehead atoms. The second kappa shape index (κ2) is 17.7. The summed E-state index contributed by atoms with van der Waals surface area (Å²) >= 11 is 0.888. The fourth-order valence-corrected chi connectivity index (χ4v) is 7.31. The van der Waals surface area contributed by atoms with Gasteiger partial charge in [-0.1, -0.05) is 5.16 Å². The Kier molecular flexibility index (Phi) is 13.4. The van der Waals surface area contributed by atoms with Crippen LogP contribution in [0.4, 0.5) is 20.5 Å². The SMILES string of the molecule is C[C@H]1[C@H](NC(=O)/C(=N\O[C@@H](COc2ccc3c(NC4CN(C(=O)OC(C)(C)C)C4)nccc3c2)C(=O)OC(C)(C)C)c2csc(NC(=O)OC(C)(C)C)n2)C(=O)N1S(=O)(=O)O. The van der Waals surface area contributed by atoms with E-state index < -0.39 is 87.6 Å². The molecule has 21 nitrogen and oxygen atoms in total. The average Bonchev–Trinajstić information content (AvgIpc) is 3.54. The minimum Gasteiger partial charge on any atom is -0.489 e. The number of amides is 4. The lowest BCUT2D eigenvalue weighted by Gasteiger charge is -2.42. The molecule has 1 aromatic carbocycles. The Morgan fingerprint density at radius 1 is 0.984 bits per heavy atom. The second-order valence-electron chi connectivity index (χ2n) is 17.1. The van der Waals surface area contributed by atoms with Crippen LogP contribution in [0.15, 0.2) is 41.0 Å². The van der Waals surface area contributed by atoms with Crippen LogP contribution in [0.3, 0.4) is 0 Å². The lowest BCUT2D eigenvalue weighted by molar-refractivity contribution is -0.170. The predicted octanol–water partition coefficient (Wildman–Crippen LogP) is 4.10. The zero-order valence-electron chi connectivity index (χ0n) is 35.3. The highest BCUT2D eigenvalue weighted by Gasteiger charge is 2.52. The van der Waals surface area contributed by atoms with Crippen LogP contribution >= 0.6 is 11.3 Å². The molecule has 3 atom stereocenters. The maximum absolute atomic E-state index is 13.7. The van der Waals surface area contributed by atoms with E-state index in [4.69, 9.17) is 23.8 Å². The Bertz CT molecular complexity index is 2310. The first-order valence-corrected chi connectivity index (χ1v) is 21.3. The van der Waals surface area contributed by atoms with Gasteiger partial charge in [-0.05, 0) is 98.9 Å². The number of likely N-dealkylation sites (tertiary alicyclic amines) is 1. The van der Waals surface area contributed by atoms with E-state index in [1.165, 1.54) is 12.3 Å². The van der Waals surface area contributed by atoms with Crippen LogP contribution in [0.1, 0.15) is 74.9 Å². The van der Waals surface area contributed by atoms with Crippen molar-refractivity contribution in [2.45, 2.75) is 110 Å². The Balaban J connectivity index is 1.35. The summed E-state index contributed by atoms with van der Waals surface area (Å²) < 4.78 is 55.2. The van der Waals surface area contributed by atoms with Crippen molar-refractivity contribution in [3.8, 4) is 5.75 Å². The van der Waals surface area contributed by atoms with Crippen molar-refractivity contribution < 1.29 is 60.7 Å². The van der Waals surface area contributed by atoms with E-state index in [0.717, 1.165) is 22.1 Å². The first-order chi connectivity index (χ1) is 28.2. The Morgan fingerprint density at radius 3 is 2.25 bits per heavy atom. The summed E-state index contributed by atoms with van der Waals surface area (Å²) in [4.78, 5) is 80.5. The van der Waals surface area contributed by atoms with Crippen LogP contribution in [0.2, 0.25) is 0 Å². The Hall–Kier alpha value is -5.81. The first-order valence-electron chi connectivity index (χ1n) is 19.0. The number of nitrogens with zero attached hydrogens (tertiary/aromatic N) is 5. The van der Waals surface area contributed by atoms with Crippen LogP contribution in [-0.2, 0) is 43.7 Å². The molecule has 3 aromatic rings. The molecule has 0 radical (unpaired) electrons. The van der Waals surface area contributed by atoms with Gasteiger partial charge in [0.2, 0.25) is 0 Å². The van der Waals surface area contributed by atoms with Gasteiger partial charge in [-0.15, -0.1) is 11.3 Å². The fourth-order valence-electron chi connectivity index (χ4n) is 5.75. The molecule has 0 aliphatic carbocycles. The number of aromatic nitrogens is 2. The average molecular weight is 891 g/mol. The largest absolute Gasteiger partial charge is 0.489 e. The number of oxime groups is 1. The molecule has 2 fully saturated rings. The van der Waals surface area contributed by atoms with E-state index in [1.807, 2.05) is 0 Å². The van der Waals surface area contributed by atoms with Gasteiger partial charge in [0, 0.05) is 30.1 Å². The minimum atomic E-state index is -4.90. The number of thiazole rings is 1. The second-order valence-corrected chi connectivity index (χ2v) is 19.3. The monoisotopic (exact) mass is 890 g/mol. The summed E-state index contributed by atoms with van der Waals surface area (Å²) in [5.41, 5.74) is -3.17. The zero-order chi connectivity index (χ0) is 45.2. The molecule has 5 rings (SSSR count). The zero-order valence-corrected chi connectivity index (χ0v) is 36.9. The number of nitrogens with one attached hydrogen (secondary N) is 3. The maximum Gasteiger partial charge on any atom is 0.413 e. The molecule has 4 N–H and O–H groups in total. The molecule has 0 spiro atoms. The van der Waals surface area contributed by atoms with E-state index in [9.17, 15) is 36.9 Å². The Morgan fingerprint density at radius 2 is 1.64 bits per heavy atom. The van der Waals surface area contributed by atoms with Crippen LogP contribution in [0.5, 0.6) is 5.75 Å². The van der Waals surface area contributed by atoms with E-state index in [-0.39, 0.29) is 21.2 Å². The third-order valence-electron chi connectivity index (χ3n) is 8.39. The lowest BCUT2D eigenvalue weighted by atomic mass is 10.0. The van der Waals surface area contributed by atoms with Crippen molar-refractivity contribution in [1.82, 2.24) is 24.5 Å². The third kappa shape index (κ3) is 12.4. The molecule has 4 heterocycles. The van der Waals surface area contributed by atoms with Crippen molar-refractivity contribution in [1.29, 1.82) is 0 Å². The van der Waals surface area contributed by atoms with Crippen molar-refractivity contribution in [3.05, 3.63) is 41.5 Å². The topological polar surface area (TPSA) is 267 Å². The van der Waals surface area contributed by atoms with Gasteiger partial charge in [0.05, 0.1) is 12.1 Å². The summed E-state index contributed by atoms with van der Waals surface area (Å²) in [5.74, 6) is -2.20. The molecular formula is C38H50N8O13S2. The normalized spacial score (nSPS) is 18.0. The Labute approximate surface area is 356 Å². The molecular weight excluding hydrogens is 841 g/mol. The fraction of sp³-hybridized carbons (Fsp3) is 0.526. The highest BCUT2D eigenvalue weighted by molar-refractivity contribution is 7.84. The number of carbonyl (C=O) groups is 5. The molecule has 2 aliphatic heterocycles. The summed E-state index contributed by atoms with van der Waals surface area (Å²) in [5, 5.41) is 14.9. The van der Waals surface area contributed by atoms with Gasteiger partial charge in [0.1, 0.15) is 46.7 Å². The van der Waals surface area contributed by atoms with E-state index in [2.05, 4.69) is 31.1 Å². The number of carbonyl (C=O) groups excluding carboxylic acids is 5. The number of β-lactam (4-membered cyclic amide) rings is 1. The third-order valence-corrected chi connectivity index (χ3v) is 10.2. The lowest BCUT2D eigenvalue weighted by Crippen LogP contribution is -2.71. The van der Waals surface area contributed by atoms with Gasteiger partial charge in [-0.25, -0.2) is 28.7 Å². The smallest absolute Gasteiger partial charge is 0.413 e. The van der Waals surface area contributed by atoms with Gasteiger partial charge in [-0.3, -0.25) is 19.5 Å². The number of benzene rings is 1. The number of ether oxygens (including phenoxy) is 4. The number of esters is 1. The first kappa shape index (κ1) is 46.3. The van der Waals surface area contributed by atoms with Gasteiger partial charge < -0.3 is 39.3 Å². The highest BCUT2D eigenvalue weighted by atomic mass is 32.2. The maximum atomic E-state index is 13.7. The number of pyridine rings is 1. The summed E-state index contributed by atoms with van der Waals surface area (Å²) in [6.45, 7) is 17.0. The summed E-state index contributed by atoms with van der Waals surface area (Å²) in [6.07, 6.45) is -1.21. The quantitative estimate of drug-likeness (QED) is 0.0470. The molecule has 23 heteroatoms. The molecule has 0 saturated carbocycles. The number of hydrogen-bond donors (Lipinski definition) is 4. The van der Waals surface area contributed by atoms with Crippen molar-refractivity contribution in [2.75, 3.05) is 30.3 Å². The van der Waals surface area contributed by atoms with Gasteiger partial charge in [0.25, 0.3) is 17.9 Å². The number of anilines is 2. The van der Waals surface area contributed by atoms with Gasteiger partial charge in [-0.2, -0.15) is 8.42 Å². The predicted molar refractivity (Wildman–Crippen MR) is 221 cm³/mol. The van der Waals surface area contributed by atoms with Gasteiger partial charge >= 0.3 is 28.5 Å².